The minimum Gasteiger partial charge on any atom is -0.356 e. The van der Waals surface area contributed by atoms with Gasteiger partial charge >= 0.3 is 0 Å². The molecule has 1 N–H and O–H groups in total. The van der Waals surface area contributed by atoms with Crippen LogP contribution in [-0.2, 0) is 11.8 Å². The summed E-state index contributed by atoms with van der Waals surface area (Å²) in [4.78, 5) is 8.98. The molecular formula is C20H21N7O. The molecule has 8 nitrogen and oxygen atoms in total. The summed E-state index contributed by atoms with van der Waals surface area (Å²) < 4.78 is 9.65. The molecule has 0 amide bonds. The van der Waals surface area contributed by atoms with Crippen LogP contribution in [0.1, 0.15) is 25.5 Å². The van der Waals surface area contributed by atoms with E-state index in [0.29, 0.717) is 5.95 Å². The number of aryl methyl sites for hydroxylation is 1. The molecule has 4 heterocycles. The van der Waals surface area contributed by atoms with E-state index in [1.807, 2.05) is 30.2 Å². The summed E-state index contributed by atoms with van der Waals surface area (Å²) in [5.74, 6) is 0.537. The van der Waals surface area contributed by atoms with Crippen molar-refractivity contribution in [3.63, 3.8) is 0 Å². The molecule has 4 aromatic rings. The molecule has 5 rings (SSSR count). The Hall–Kier alpha value is -3.26. The first-order valence-corrected chi connectivity index (χ1v) is 9.44. The molecule has 1 fully saturated rings. The Kier molecular flexibility index (Phi) is 4.25. The molecule has 1 saturated heterocycles. The molecule has 0 aliphatic carbocycles. The van der Waals surface area contributed by atoms with Gasteiger partial charge in [0.25, 0.3) is 0 Å². The van der Waals surface area contributed by atoms with Crippen molar-refractivity contribution < 1.29 is 4.74 Å². The molecule has 0 bridgehead atoms. The van der Waals surface area contributed by atoms with Crippen LogP contribution in [0.25, 0.3) is 22.2 Å². The van der Waals surface area contributed by atoms with Crippen molar-refractivity contribution in [1.82, 2.24) is 29.5 Å². The van der Waals surface area contributed by atoms with Gasteiger partial charge in [0.2, 0.25) is 5.95 Å². The van der Waals surface area contributed by atoms with Crippen LogP contribution in [-0.4, -0.2) is 36.1 Å². The molecule has 1 unspecified atom stereocenters. The third-order valence-corrected chi connectivity index (χ3v) is 4.94. The third-order valence-electron chi connectivity index (χ3n) is 4.94. The number of ether oxygens (including phenoxy) is 1. The first kappa shape index (κ1) is 16.9. The zero-order valence-electron chi connectivity index (χ0n) is 15.6. The minimum absolute atomic E-state index is 0.00899. The van der Waals surface area contributed by atoms with E-state index in [4.69, 9.17) is 4.74 Å². The molecule has 0 radical (unpaired) electrons. The van der Waals surface area contributed by atoms with Crippen LogP contribution in [0.4, 0.5) is 11.6 Å². The largest absolute Gasteiger partial charge is 0.356 e. The SMILES string of the molecule is Cn1cc(Nc2nccc(-c3ccc4cnn(C5CCCCO5)c4c3)n2)cn1. The van der Waals surface area contributed by atoms with E-state index in [2.05, 4.69) is 43.7 Å². The lowest BCUT2D eigenvalue weighted by atomic mass is 10.1. The Morgan fingerprint density at radius 1 is 1.14 bits per heavy atom. The molecule has 0 spiro atoms. The molecule has 142 valence electrons. The van der Waals surface area contributed by atoms with Crippen molar-refractivity contribution in [1.29, 1.82) is 0 Å². The fourth-order valence-electron chi connectivity index (χ4n) is 3.54. The number of nitrogens with one attached hydrogen (secondary N) is 1. The number of nitrogens with zero attached hydrogens (tertiary/aromatic N) is 6. The summed E-state index contributed by atoms with van der Waals surface area (Å²) >= 11 is 0. The first-order valence-electron chi connectivity index (χ1n) is 9.44. The van der Waals surface area contributed by atoms with E-state index in [1.165, 1.54) is 6.42 Å². The number of rotatable bonds is 4. The normalized spacial score (nSPS) is 17.1. The van der Waals surface area contributed by atoms with Crippen molar-refractivity contribution in [2.24, 2.45) is 7.05 Å². The predicted octanol–water partition coefficient (Wildman–Crippen LogP) is 3.67. The molecule has 0 saturated carbocycles. The van der Waals surface area contributed by atoms with Crippen molar-refractivity contribution in [3.8, 4) is 11.3 Å². The van der Waals surface area contributed by atoms with Gasteiger partial charge < -0.3 is 10.1 Å². The van der Waals surface area contributed by atoms with Gasteiger partial charge in [-0.2, -0.15) is 10.2 Å². The standard InChI is InChI=1S/C20H21N7O/c1-26-13-16(12-22-26)24-20-21-8-7-17(25-20)14-5-6-15-11-23-27(18(15)10-14)19-4-2-3-9-28-19/h5-8,10-13,19H,2-4,9H2,1H3,(H,21,24,25). The van der Waals surface area contributed by atoms with E-state index in [1.54, 1.807) is 17.1 Å². The van der Waals surface area contributed by atoms with Crippen LogP contribution >= 0.6 is 0 Å². The molecule has 3 aromatic heterocycles. The Morgan fingerprint density at radius 2 is 2.11 bits per heavy atom. The van der Waals surface area contributed by atoms with Gasteiger partial charge in [0, 0.05) is 37.0 Å². The van der Waals surface area contributed by atoms with Gasteiger partial charge in [0.05, 0.1) is 29.3 Å². The lowest BCUT2D eigenvalue weighted by Gasteiger charge is -2.23. The van der Waals surface area contributed by atoms with Crippen LogP contribution < -0.4 is 5.32 Å². The van der Waals surface area contributed by atoms with Gasteiger partial charge in [-0.25, -0.2) is 14.6 Å². The fourth-order valence-corrected chi connectivity index (χ4v) is 3.54. The topological polar surface area (TPSA) is 82.7 Å². The second kappa shape index (κ2) is 7.05. The Labute approximate surface area is 162 Å². The van der Waals surface area contributed by atoms with Crippen LogP contribution in [0.15, 0.2) is 49.1 Å². The predicted molar refractivity (Wildman–Crippen MR) is 106 cm³/mol. The average molecular weight is 375 g/mol. The highest BCUT2D eigenvalue weighted by atomic mass is 16.5. The summed E-state index contributed by atoms with van der Waals surface area (Å²) in [5.41, 5.74) is 3.77. The molecule has 1 aliphatic rings. The smallest absolute Gasteiger partial charge is 0.227 e. The molecule has 8 heteroatoms. The number of benzene rings is 1. The highest BCUT2D eigenvalue weighted by Gasteiger charge is 2.19. The second-order valence-electron chi connectivity index (χ2n) is 6.98. The average Bonchev–Trinajstić information content (AvgIpc) is 3.34. The third kappa shape index (κ3) is 3.22. The van der Waals surface area contributed by atoms with Gasteiger partial charge in [-0.05, 0) is 31.4 Å². The molecule has 1 aliphatic heterocycles. The number of aromatic nitrogens is 6. The van der Waals surface area contributed by atoms with Gasteiger partial charge in [0.1, 0.15) is 0 Å². The highest BCUT2D eigenvalue weighted by molar-refractivity contribution is 5.84. The minimum atomic E-state index is 0.00899. The lowest BCUT2D eigenvalue weighted by molar-refractivity contribution is -0.0366. The van der Waals surface area contributed by atoms with Crippen molar-refractivity contribution in [3.05, 3.63) is 49.1 Å². The lowest BCUT2D eigenvalue weighted by Crippen LogP contribution is -2.18. The Morgan fingerprint density at radius 3 is 2.93 bits per heavy atom. The maximum absolute atomic E-state index is 5.92. The van der Waals surface area contributed by atoms with Gasteiger partial charge in [-0.3, -0.25) is 4.68 Å². The monoisotopic (exact) mass is 375 g/mol. The Balaban J connectivity index is 1.48. The molecular weight excluding hydrogens is 354 g/mol. The van der Waals surface area contributed by atoms with E-state index in [0.717, 1.165) is 47.3 Å². The molecule has 1 atom stereocenters. The van der Waals surface area contributed by atoms with Crippen LogP contribution in [0.2, 0.25) is 0 Å². The number of anilines is 2. The van der Waals surface area contributed by atoms with Crippen LogP contribution in [0, 0.1) is 0 Å². The summed E-state index contributed by atoms with van der Waals surface area (Å²) in [7, 11) is 1.87. The van der Waals surface area contributed by atoms with Gasteiger partial charge in [-0.1, -0.05) is 12.1 Å². The van der Waals surface area contributed by atoms with E-state index in [-0.39, 0.29) is 6.23 Å². The molecule has 1 aromatic carbocycles. The summed E-state index contributed by atoms with van der Waals surface area (Å²) in [6.45, 7) is 0.793. The van der Waals surface area contributed by atoms with Crippen molar-refractivity contribution >= 4 is 22.5 Å². The summed E-state index contributed by atoms with van der Waals surface area (Å²) in [5, 5.41) is 13.0. The van der Waals surface area contributed by atoms with E-state index in [9.17, 15) is 0 Å². The number of hydrogen-bond acceptors (Lipinski definition) is 6. The van der Waals surface area contributed by atoms with Gasteiger partial charge in [0.15, 0.2) is 6.23 Å². The van der Waals surface area contributed by atoms with Crippen molar-refractivity contribution in [2.75, 3.05) is 11.9 Å². The maximum atomic E-state index is 5.92. The zero-order valence-corrected chi connectivity index (χ0v) is 15.6. The molecule has 28 heavy (non-hydrogen) atoms. The van der Waals surface area contributed by atoms with Crippen molar-refractivity contribution in [2.45, 2.75) is 25.5 Å². The van der Waals surface area contributed by atoms with Crippen LogP contribution in [0.3, 0.4) is 0 Å². The Bertz CT molecular complexity index is 1110. The van der Waals surface area contributed by atoms with E-state index >= 15 is 0 Å². The second-order valence-corrected chi connectivity index (χ2v) is 6.98. The fraction of sp³-hybridized carbons (Fsp3) is 0.300. The summed E-state index contributed by atoms with van der Waals surface area (Å²) in [6, 6.07) is 8.17. The van der Waals surface area contributed by atoms with Gasteiger partial charge in [-0.15, -0.1) is 0 Å². The van der Waals surface area contributed by atoms with E-state index < -0.39 is 0 Å². The number of fused-ring (bicyclic) bond motifs is 1. The van der Waals surface area contributed by atoms with Crippen LogP contribution in [0.5, 0.6) is 0 Å². The maximum Gasteiger partial charge on any atom is 0.227 e. The number of hydrogen-bond donors (Lipinski definition) is 1. The zero-order chi connectivity index (χ0) is 18.9. The first-order chi connectivity index (χ1) is 13.8. The summed E-state index contributed by atoms with van der Waals surface area (Å²) in [6.07, 6.45) is 10.6. The quantitative estimate of drug-likeness (QED) is 0.586. The highest BCUT2D eigenvalue weighted by Crippen LogP contribution is 2.29.